The molecule has 0 aliphatic heterocycles. The van der Waals surface area contributed by atoms with Crippen molar-refractivity contribution in [1.82, 2.24) is 0 Å². The van der Waals surface area contributed by atoms with Crippen molar-refractivity contribution in [2.24, 2.45) is 11.8 Å². The van der Waals surface area contributed by atoms with Crippen molar-refractivity contribution in [3.05, 3.63) is 99.1 Å². The second kappa shape index (κ2) is 8.99. The lowest BCUT2D eigenvalue weighted by molar-refractivity contribution is -0.384. The second-order valence-electron chi connectivity index (χ2n) is 8.02. The van der Waals surface area contributed by atoms with Crippen LogP contribution in [0.4, 0.5) is 5.69 Å². The van der Waals surface area contributed by atoms with Crippen LogP contribution in [0.5, 0.6) is 0 Å². The molecule has 29 heavy (non-hydrogen) atoms. The van der Waals surface area contributed by atoms with Gasteiger partial charge in [-0.25, -0.2) is 0 Å². The van der Waals surface area contributed by atoms with Crippen LogP contribution in [0.15, 0.2) is 77.9 Å². The molecule has 0 aromatic heterocycles. The molecule has 3 atom stereocenters. The van der Waals surface area contributed by atoms with Crippen molar-refractivity contribution in [2.75, 3.05) is 0 Å². The van der Waals surface area contributed by atoms with Gasteiger partial charge in [0.1, 0.15) is 0 Å². The molecule has 0 bridgehead atoms. The Morgan fingerprint density at radius 1 is 1.14 bits per heavy atom. The minimum Gasteiger partial charge on any atom is -0.294 e. The summed E-state index contributed by atoms with van der Waals surface area (Å²) in [5, 5.41) is 11.3. The zero-order valence-corrected chi connectivity index (χ0v) is 17.2. The van der Waals surface area contributed by atoms with Crippen LogP contribution < -0.4 is 0 Å². The van der Waals surface area contributed by atoms with Gasteiger partial charge in [0.05, 0.1) is 4.92 Å². The Morgan fingerprint density at radius 3 is 2.52 bits per heavy atom. The highest BCUT2D eigenvalue weighted by Crippen LogP contribution is 2.45. The van der Waals surface area contributed by atoms with Gasteiger partial charge < -0.3 is 0 Å². The van der Waals surface area contributed by atoms with Crippen LogP contribution in [0.3, 0.4) is 0 Å². The van der Waals surface area contributed by atoms with Gasteiger partial charge >= 0.3 is 0 Å². The maximum atomic E-state index is 13.6. The fraction of sp³-hybridized carbons (Fsp3) is 0.320. The number of Topliss-reactive ketones (excluding diaryl/α,β-unsaturated/α-hetero) is 1. The van der Waals surface area contributed by atoms with Gasteiger partial charge in [-0.2, -0.15) is 0 Å². The number of carbonyl (C=O) groups excluding carboxylic acids is 1. The third-order valence-corrected chi connectivity index (χ3v) is 5.80. The van der Waals surface area contributed by atoms with E-state index in [1.807, 2.05) is 36.4 Å². The molecule has 2 aromatic rings. The van der Waals surface area contributed by atoms with E-state index in [1.165, 1.54) is 17.2 Å². The Morgan fingerprint density at radius 2 is 1.86 bits per heavy atom. The minimum absolute atomic E-state index is 0.0699. The summed E-state index contributed by atoms with van der Waals surface area (Å²) in [5.41, 5.74) is 4.07. The highest BCUT2D eigenvalue weighted by atomic mass is 16.6. The Hall–Kier alpha value is -3.01. The molecule has 3 rings (SSSR count). The van der Waals surface area contributed by atoms with Crippen molar-refractivity contribution >= 4 is 11.5 Å². The average Bonchev–Trinajstić information content (AvgIpc) is 2.72. The smallest absolute Gasteiger partial charge is 0.269 e. The Balaban J connectivity index is 2.08. The van der Waals surface area contributed by atoms with Crippen molar-refractivity contribution < 1.29 is 9.72 Å². The number of nitro groups is 1. The Kier molecular flexibility index (Phi) is 6.42. The molecule has 0 fully saturated rings. The molecule has 0 saturated carbocycles. The normalized spacial score (nSPS) is 21.2. The van der Waals surface area contributed by atoms with E-state index in [9.17, 15) is 14.9 Å². The van der Waals surface area contributed by atoms with Crippen LogP contribution in [-0.2, 0) is 0 Å². The summed E-state index contributed by atoms with van der Waals surface area (Å²) < 4.78 is 0. The molecule has 4 heteroatoms. The number of nitrogens with zero attached hydrogens (tertiary/aromatic N) is 1. The lowest BCUT2D eigenvalue weighted by atomic mass is 9.66. The molecule has 1 aliphatic rings. The number of rotatable bonds is 6. The first-order chi connectivity index (χ1) is 13.9. The van der Waals surface area contributed by atoms with Crippen LogP contribution in [0, 0.1) is 22.0 Å². The fourth-order valence-corrected chi connectivity index (χ4v) is 4.24. The lowest BCUT2D eigenvalue weighted by Crippen LogP contribution is -2.33. The highest BCUT2D eigenvalue weighted by molar-refractivity contribution is 5.99. The van der Waals surface area contributed by atoms with Crippen LogP contribution in [0.2, 0.25) is 0 Å². The molecule has 0 radical (unpaired) electrons. The third-order valence-electron chi connectivity index (χ3n) is 5.80. The average molecular weight is 389 g/mol. The number of allylic oxidation sites excluding steroid dienone is 4. The first-order valence-corrected chi connectivity index (χ1v) is 10.0. The molecule has 150 valence electrons. The van der Waals surface area contributed by atoms with Crippen molar-refractivity contribution in [3.63, 3.8) is 0 Å². The molecule has 0 amide bonds. The van der Waals surface area contributed by atoms with Gasteiger partial charge in [-0.3, -0.25) is 14.9 Å². The predicted molar refractivity (Wildman–Crippen MR) is 116 cm³/mol. The van der Waals surface area contributed by atoms with Crippen LogP contribution in [-0.4, -0.2) is 10.7 Å². The summed E-state index contributed by atoms with van der Waals surface area (Å²) in [6, 6.07) is 16.1. The molecule has 0 spiro atoms. The maximum Gasteiger partial charge on any atom is 0.269 e. The van der Waals surface area contributed by atoms with Crippen molar-refractivity contribution in [1.29, 1.82) is 0 Å². The standard InChI is InChI=1S/C25H27NO3/c1-17(2)12-14-22-18(3)13-15-23(20-10-7-11-21(16-20)26(28)29)24(22)25(27)19-8-5-4-6-9-19/h4-13,16,22-24H,14-15H2,1-3H3/t22-,23+,24-/m1/s1. The quantitative estimate of drug-likeness (QED) is 0.245. The number of hydrogen-bond acceptors (Lipinski definition) is 3. The van der Waals surface area contributed by atoms with Gasteiger partial charge in [0, 0.05) is 23.6 Å². The molecule has 0 unspecified atom stereocenters. The largest absolute Gasteiger partial charge is 0.294 e. The van der Waals surface area contributed by atoms with Crippen LogP contribution >= 0.6 is 0 Å². The molecule has 0 saturated heterocycles. The summed E-state index contributed by atoms with van der Waals surface area (Å²) in [6.07, 6.45) is 5.88. The van der Waals surface area contributed by atoms with Crippen LogP contribution in [0.1, 0.15) is 55.5 Å². The van der Waals surface area contributed by atoms with E-state index >= 15 is 0 Å². The number of nitro benzene ring substituents is 1. The van der Waals surface area contributed by atoms with Gasteiger partial charge in [0.15, 0.2) is 5.78 Å². The minimum atomic E-state index is -0.373. The summed E-state index contributed by atoms with van der Waals surface area (Å²) in [6.45, 7) is 6.22. The molecule has 2 aromatic carbocycles. The number of benzene rings is 2. The number of non-ortho nitro benzene ring substituents is 1. The molecular weight excluding hydrogens is 362 g/mol. The third kappa shape index (κ3) is 4.70. The first kappa shape index (κ1) is 20.7. The van der Waals surface area contributed by atoms with Gasteiger partial charge in [-0.15, -0.1) is 0 Å². The topological polar surface area (TPSA) is 60.2 Å². The first-order valence-electron chi connectivity index (χ1n) is 10.0. The van der Waals surface area contributed by atoms with Crippen LogP contribution in [0.25, 0.3) is 0 Å². The van der Waals surface area contributed by atoms with E-state index in [4.69, 9.17) is 0 Å². The highest BCUT2D eigenvalue weighted by Gasteiger charge is 2.39. The summed E-state index contributed by atoms with van der Waals surface area (Å²) in [4.78, 5) is 24.5. The van der Waals surface area contributed by atoms with E-state index in [2.05, 4.69) is 32.9 Å². The summed E-state index contributed by atoms with van der Waals surface area (Å²) in [5.74, 6) is -0.140. The van der Waals surface area contributed by atoms with Gasteiger partial charge in [-0.1, -0.05) is 65.8 Å². The Bertz CT molecular complexity index is 955. The molecule has 0 heterocycles. The molecular formula is C25H27NO3. The zero-order valence-electron chi connectivity index (χ0n) is 17.2. The van der Waals surface area contributed by atoms with E-state index in [-0.39, 0.29) is 34.1 Å². The fourth-order valence-electron chi connectivity index (χ4n) is 4.24. The van der Waals surface area contributed by atoms with Gasteiger partial charge in [0.25, 0.3) is 5.69 Å². The zero-order chi connectivity index (χ0) is 21.0. The van der Waals surface area contributed by atoms with Gasteiger partial charge in [0.2, 0.25) is 0 Å². The number of hydrogen-bond donors (Lipinski definition) is 0. The van der Waals surface area contributed by atoms with Gasteiger partial charge in [-0.05, 0) is 51.0 Å². The maximum absolute atomic E-state index is 13.6. The van der Waals surface area contributed by atoms with E-state index in [1.54, 1.807) is 12.1 Å². The second-order valence-corrected chi connectivity index (χ2v) is 8.02. The predicted octanol–water partition coefficient (Wildman–Crippen LogP) is 6.50. The number of carbonyl (C=O) groups is 1. The number of ketones is 1. The lowest BCUT2D eigenvalue weighted by Gasteiger charge is -2.37. The van der Waals surface area contributed by atoms with Crippen molar-refractivity contribution in [2.45, 2.75) is 39.5 Å². The molecule has 1 aliphatic carbocycles. The summed E-state index contributed by atoms with van der Waals surface area (Å²) in [7, 11) is 0. The van der Waals surface area contributed by atoms with Crippen molar-refractivity contribution in [3.8, 4) is 0 Å². The monoisotopic (exact) mass is 389 g/mol. The van der Waals surface area contributed by atoms with E-state index < -0.39 is 0 Å². The molecule has 0 N–H and O–H groups in total. The van der Waals surface area contributed by atoms with E-state index in [0.717, 1.165) is 12.0 Å². The Labute approximate surface area is 172 Å². The SMILES string of the molecule is CC(C)=CC[C@@H]1C(C)=CC[C@@H](c2cccc([N+](=O)[O-])c2)[C@@H]1C(=O)c1ccccc1. The van der Waals surface area contributed by atoms with E-state index in [0.29, 0.717) is 12.0 Å². The summed E-state index contributed by atoms with van der Waals surface area (Å²) >= 11 is 0. The molecule has 4 nitrogen and oxygen atoms in total.